The van der Waals surface area contributed by atoms with Crippen LogP contribution in [0.1, 0.15) is 48.9 Å². The number of nitrogens with zero attached hydrogens (tertiary/aromatic N) is 2. The van der Waals surface area contributed by atoms with Crippen molar-refractivity contribution in [1.82, 2.24) is 10.3 Å². The molecular weight excluding hydrogens is 262 g/mol. The van der Waals surface area contributed by atoms with E-state index < -0.39 is 5.54 Å². The Morgan fingerprint density at radius 2 is 2.05 bits per heavy atom. The van der Waals surface area contributed by atoms with E-state index in [1.807, 2.05) is 0 Å². The molecule has 0 radical (unpaired) electrons. The highest BCUT2D eigenvalue weighted by atomic mass is 35.5. The average molecular weight is 278 g/mol. The molecule has 0 saturated heterocycles. The number of nitriles is 1. The maximum absolute atomic E-state index is 12.2. The van der Waals surface area contributed by atoms with Gasteiger partial charge in [-0.2, -0.15) is 5.26 Å². The van der Waals surface area contributed by atoms with Crippen LogP contribution in [0, 0.1) is 11.3 Å². The molecule has 1 N–H and O–H groups in total. The number of rotatable bonds is 2. The fourth-order valence-corrected chi connectivity index (χ4v) is 2.65. The molecule has 0 bridgehead atoms. The Kier molecular flexibility index (Phi) is 4.39. The average Bonchev–Trinajstić information content (AvgIpc) is 2.65. The first kappa shape index (κ1) is 13.8. The number of carbonyl (C=O) groups excluding carboxylic acids is 1. The second kappa shape index (κ2) is 6.03. The van der Waals surface area contributed by atoms with E-state index in [4.69, 9.17) is 11.6 Å². The van der Waals surface area contributed by atoms with Crippen LogP contribution in [-0.2, 0) is 0 Å². The first-order valence-electron chi connectivity index (χ1n) is 6.50. The number of hydrogen-bond donors (Lipinski definition) is 1. The van der Waals surface area contributed by atoms with E-state index in [0.717, 1.165) is 25.7 Å². The normalized spacial score (nSPS) is 18.1. The number of hydrogen-bond acceptors (Lipinski definition) is 3. The van der Waals surface area contributed by atoms with Gasteiger partial charge < -0.3 is 5.32 Å². The summed E-state index contributed by atoms with van der Waals surface area (Å²) in [4.78, 5) is 16.1. The SMILES string of the molecule is N#CC1(NC(=O)c2ccncc2Cl)CCCCCC1. The van der Waals surface area contributed by atoms with E-state index in [0.29, 0.717) is 23.4 Å². The molecule has 1 aromatic heterocycles. The summed E-state index contributed by atoms with van der Waals surface area (Å²) in [7, 11) is 0. The number of halogens is 1. The lowest BCUT2D eigenvalue weighted by atomic mass is 9.91. The highest BCUT2D eigenvalue weighted by Gasteiger charge is 2.33. The van der Waals surface area contributed by atoms with Gasteiger partial charge >= 0.3 is 0 Å². The molecule has 4 nitrogen and oxygen atoms in total. The van der Waals surface area contributed by atoms with Crippen LogP contribution in [-0.4, -0.2) is 16.4 Å². The van der Waals surface area contributed by atoms with Crippen molar-refractivity contribution < 1.29 is 4.79 Å². The second-order valence-corrected chi connectivity index (χ2v) is 5.32. The van der Waals surface area contributed by atoms with Gasteiger partial charge in [0.1, 0.15) is 5.54 Å². The van der Waals surface area contributed by atoms with Crippen molar-refractivity contribution in [2.24, 2.45) is 0 Å². The lowest BCUT2D eigenvalue weighted by molar-refractivity contribution is 0.0913. The van der Waals surface area contributed by atoms with E-state index in [-0.39, 0.29) is 5.91 Å². The molecule has 0 unspecified atom stereocenters. The maximum Gasteiger partial charge on any atom is 0.254 e. The first-order valence-corrected chi connectivity index (χ1v) is 6.88. The number of amides is 1. The first-order chi connectivity index (χ1) is 9.17. The van der Waals surface area contributed by atoms with Crippen molar-refractivity contribution in [3.63, 3.8) is 0 Å². The van der Waals surface area contributed by atoms with Crippen LogP contribution in [0.5, 0.6) is 0 Å². The largest absolute Gasteiger partial charge is 0.334 e. The summed E-state index contributed by atoms with van der Waals surface area (Å²) < 4.78 is 0. The van der Waals surface area contributed by atoms with Gasteiger partial charge in [-0.1, -0.05) is 37.3 Å². The molecule has 1 amide bonds. The van der Waals surface area contributed by atoms with Crippen molar-refractivity contribution in [2.45, 2.75) is 44.1 Å². The van der Waals surface area contributed by atoms with Gasteiger partial charge in [0.05, 0.1) is 16.7 Å². The summed E-state index contributed by atoms with van der Waals surface area (Å²) in [6.45, 7) is 0. The molecule has 1 aromatic rings. The molecule has 1 heterocycles. The molecule has 0 aromatic carbocycles. The van der Waals surface area contributed by atoms with Gasteiger partial charge in [-0.15, -0.1) is 0 Å². The van der Waals surface area contributed by atoms with Crippen molar-refractivity contribution in [2.75, 3.05) is 0 Å². The van der Waals surface area contributed by atoms with Crippen LogP contribution in [0.25, 0.3) is 0 Å². The van der Waals surface area contributed by atoms with Gasteiger partial charge in [-0.25, -0.2) is 0 Å². The van der Waals surface area contributed by atoms with Crippen molar-refractivity contribution in [3.8, 4) is 6.07 Å². The molecule has 1 aliphatic carbocycles. The predicted octanol–water partition coefficient (Wildman–Crippen LogP) is 3.08. The van der Waals surface area contributed by atoms with Crippen LogP contribution >= 0.6 is 11.6 Å². The topological polar surface area (TPSA) is 65.8 Å². The highest BCUT2D eigenvalue weighted by molar-refractivity contribution is 6.33. The molecule has 0 spiro atoms. The second-order valence-electron chi connectivity index (χ2n) is 4.92. The maximum atomic E-state index is 12.2. The molecule has 5 heteroatoms. The van der Waals surface area contributed by atoms with E-state index >= 15 is 0 Å². The van der Waals surface area contributed by atoms with E-state index in [1.54, 1.807) is 6.07 Å². The third-order valence-corrected chi connectivity index (χ3v) is 3.84. The third kappa shape index (κ3) is 3.24. The van der Waals surface area contributed by atoms with Gasteiger partial charge in [0.25, 0.3) is 5.91 Å². The lowest BCUT2D eigenvalue weighted by Gasteiger charge is -2.26. The molecule has 0 atom stereocenters. The zero-order chi connectivity index (χ0) is 13.7. The summed E-state index contributed by atoms with van der Waals surface area (Å²) >= 11 is 5.95. The van der Waals surface area contributed by atoms with Crippen LogP contribution in [0.15, 0.2) is 18.5 Å². The highest BCUT2D eigenvalue weighted by Crippen LogP contribution is 2.27. The van der Waals surface area contributed by atoms with Crippen LogP contribution < -0.4 is 5.32 Å². The van der Waals surface area contributed by atoms with Gasteiger partial charge in [-0.05, 0) is 18.9 Å². The molecule has 0 aliphatic heterocycles. The van der Waals surface area contributed by atoms with Gasteiger partial charge in [0, 0.05) is 12.4 Å². The monoisotopic (exact) mass is 277 g/mol. The Labute approximate surface area is 117 Å². The third-order valence-electron chi connectivity index (χ3n) is 3.54. The Morgan fingerprint density at radius 3 is 2.63 bits per heavy atom. The van der Waals surface area contributed by atoms with Crippen LogP contribution in [0.3, 0.4) is 0 Å². The zero-order valence-corrected chi connectivity index (χ0v) is 11.4. The Hall–Kier alpha value is -1.60. The number of aromatic nitrogens is 1. The minimum absolute atomic E-state index is 0.296. The number of pyridine rings is 1. The molecule has 19 heavy (non-hydrogen) atoms. The fraction of sp³-hybridized carbons (Fsp3) is 0.500. The predicted molar refractivity (Wildman–Crippen MR) is 72.8 cm³/mol. The Morgan fingerprint density at radius 1 is 1.37 bits per heavy atom. The minimum Gasteiger partial charge on any atom is -0.334 e. The summed E-state index contributed by atoms with van der Waals surface area (Å²) in [5, 5.41) is 12.6. The molecule has 1 saturated carbocycles. The van der Waals surface area contributed by atoms with Gasteiger partial charge in [0.15, 0.2) is 0 Å². The smallest absolute Gasteiger partial charge is 0.254 e. The lowest BCUT2D eigenvalue weighted by Crippen LogP contribution is -2.47. The zero-order valence-electron chi connectivity index (χ0n) is 10.7. The van der Waals surface area contributed by atoms with Gasteiger partial charge in [0.2, 0.25) is 0 Å². The van der Waals surface area contributed by atoms with E-state index in [9.17, 15) is 10.1 Å². The van der Waals surface area contributed by atoms with E-state index in [1.165, 1.54) is 12.4 Å². The standard InChI is InChI=1S/C14H16ClN3O/c15-12-9-17-8-5-11(12)13(19)18-14(10-16)6-3-1-2-4-7-14/h5,8-9H,1-4,6-7H2,(H,18,19). The molecule has 1 aliphatic rings. The quantitative estimate of drug-likeness (QED) is 0.845. The summed E-state index contributed by atoms with van der Waals surface area (Å²) in [5.74, 6) is -0.296. The Balaban J connectivity index is 2.17. The molecule has 1 fully saturated rings. The summed E-state index contributed by atoms with van der Waals surface area (Å²) in [6.07, 6.45) is 8.55. The summed E-state index contributed by atoms with van der Waals surface area (Å²) in [5.41, 5.74) is -0.379. The van der Waals surface area contributed by atoms with Crippen LogP contribution in [0.4, 0.5) is 0 Å². The number of carbonyl (C=O) groups is 1. The fourth-order valence-electron chi connectivity index (χ4n) is 2.44. The Bertz CT molecular complexity index is 502. The van der Waals surface area contributed by atoms with Crippen molar-refractivity contribution in [3.05, 3.63) is 29.0 Å². The van der Waals surface area contributed by atoms with Crippen LogP contribution in [0.2, 0.25) is 5.02 Å². The van der Waals surface area contributed by atoms with Crippen molar-refractivity contribution in [1.29, 1.82) is 5.26 Å². The molecule has 100 valence electrons. The van der Waals surface area contributed by atoms with Gasteiger partial charge in [-0.3, -0.25) is 9.78 Å². The minimum atomic E-state index is -0.750. The van der Waals surface area contributed by atoms with Crippen molar-refractivity contribution >= 4 is 17.5 Å². The van der Waals surface area contributed by atoms with E-state index in [2.05, 4.69) is 16.4 Å². The molecule has 2 rings (SSSR count). The number of nitrogens with one attached hydrogen (secondary N) is 1. The summed E-state index contributed by atoms with van der Waals surface area (Å²) in [6, 6.07) is 3.86. The molecular formula is C14H16ClN3O.